The molecule has 4 heterocycles. The van der Waals surface area contributed by atoms with Gasteiger partial charge in [0.25, 0.3) is 0 Å². The Kier molecular flexibility index (Phi) is 5.24. The van der Waals surface area contributed by atoms with Crippen LogP contribution in [0.15, 0.2) is 86.3 Å². The fourth-order valence-electron chi connectivity index (χ4n) is 3.71. The lowest BCUT2D eigenvalue weighted by Crippen LogP contribution is -2.06. The van der Waals surface area contributed by atoms with Crippen LogP contribution in [0.2, 0.25) is 0 Å². The van der Waals surface area contributed by atoms with Crippen LogP contribution in [0, 0.1) is 0 Å². The van der Waals surface area contributed by atoms with E-state index in [-0.39, 0.29) is 23.5 Å². The first-order chi connectivity index (χ1) is 17.1. The second-order valence-electron chi connectivity index (χ2n) is 7.59. The minimum atomic E-state index is -1.56. The van der Waals surface area contributed by atoms with Crippen molar-refractivity contribution in [2.24, 2.45) is 0 Å². The molecule has 2 N–H and O–H groups in total. The highest BCUT2D eigenvalue weighted by atomic mass is 32.2. The smallest absolute Gasteiger partial charge is 0.235 e. The first kappa shape index (κ1) is 21.4. The number of ether oxygens (including phenoxy) is 2. The molecule has 0 radical (unpaired) electrons. The molecule has 5 aromatic rings. The Labute approximate surface area is 205 Å². The molecule has 10 heteroatoms. The zero-order valence-electron chi connectivity index (χ0n) is 17.9. The predicted molar refractivity (Wildman–Crippen MR) is 133 cm³/mol. The number of rotatable bonds is 5. The highest BCUT2D eigenvalue weighted by molar-refractivity contribution is 7.88. The van der Waals surface area contributed by atoms with E-state index in [1.54, 1.807) is 42.6 Å². The van der Waals surface area contributed by atoms with E-state index in [9.17, 15) is 14.1 Å². The van der Waals surface area contributed by atoms with Gasteiger partial charge in [-0.25, -0.2) is 4.21 Å². The zero-order chi connectivity index (χ0) is 23.9. The van der Waals surface area contributed by atoms with E-state index in [1.807, 2.05) is 24.3 Å². The molecule has 35 heavy (non-hydrogen) atoms. The molecule has 0 saturated heterocycles. The van der Waals surface area contributed by atoms with E-state index in [2.05, 4.69) is 9.71 Å². The second-order valence-corrected chi connectivity index (χ2v) is 10.1. The SMILES string of the molecule is O=c1c(O)c(-c2ccc3c(c2)OCO3)oc2ccc(NS(=O)c3ccc(-c4ccccn4)s3)cc12. The van der Waals surface area contributed by atoms with Gasteiger partial charge < -0.3 is 23.7 Å². The molecule has 2 aromatic carbocycles. The van der Waals surface area contributed by atoms with Gasteiger partial charge in [0.1, 0.15) is 9.79 Å². The number of nitrogens with zero attached hydrogens (tertiary/aromatic N) is 1. The van der Waals surface area contributed by atoms with Gasteiger partial charge in [0.15, 0.2) is 28.2 Å². The van der Waals surface area contributed by atoms with Gasteiger partial charge >= 0.3 is 0 Å². The number of hydrogen-bond acceptors (Lipinski definition) is 8. The number of anilines is 1. The minimum Gasteiger partial charge on any atom is -0.502 e. The number of nitrogens with one attached hydrogen (secondary N) is 1. The number of pyridine rings is 1. The van der Waals surface area contributed by atoms with Crippen molar-refractivity contribution in [1.82, 2.24) is 4.98 Å². The van der Waals surface area contributed by atoms with Crippen LogP contribution in [0.25, 0.3) is 32.9 Å². The van der Waals surface area contributed by atoms with Gasteiger partial charge in [-0.1, -0.05) is 6.07 Å². The van der Waals surface area contributed by atoms with Crippen LogP contribution in [0.3, 0.4) is 0 Å². The number of aromatic nitrogens is 1. The number of aromatic hydroxyl groups is 1. The number of thiophene rings is 1. The fraction of sp³-hybridized carbons (Fsp3) is 0.0400. The Morgan fingerprint density at radius 1 is 1.00 bits per heavy atom. The van der Waals surface area contributed by atoms with Gasteiger partial charge in [0, 0.05) is 17.4 Å². The maximum atomic E-state index is 12.9. The van der Waals surface area contributed by atoms with Crippen LogP contribution < -0.4 is 19.6 Å². The molecule has 6 rings (SSSR count). The molecular weight excluding hydrogens is 488 g/mol. The van der Waals surface area contributed by atoms with Crippen molar-refractivity contribution in [2.45, 2.75) is 4.21 Å². The van der Waals surface area contributed by atoms with Gasteiger partial charge in [0.2, 0.25) is 18.0 Å². The van der Waals surface area contributed by atoms with Crippen LogP contribution in [0.1, 0.15) is 0 Å². The summed E-state index contributed by atoms with van der Waals surface area (Å²) in [5.41, 5.74) is 1.42. The topological polar surface area (TPSA) is 111 Å². The number of benzene rings is 2. The summed E-state index contributed by atoms with van der Waals surface area (Å²) in [6.07, 6.45) is 1.71. The normalized spacial score (nSPS) is 13.1. The number of hydrogen-bond donors (Lipinski definition) is 2. The summed E-state index contributed by atoms with van der Waals surface area (Å²) in [7, 11) is -1.56. The van der Waals surface area contributed by atoms with Crippen LogP contribution >= 0.6 is 11.3 Å². The van der Waals surface area contributed by atoms with Crippen molar-refractivity contribution < 1.29 is 23.2 Å². The largest absolute Gasteiger partial charge is 0.502 e. The van der Waals surface area contributed by atoms with Crippen molar-refractivity contribution in [3.05, 3.63) is 83.2 Å². The van der Waals surface area contributed by atoms with E-state index in [4.69, 9.17) is 13.9 Å². The summed E-state index contributed by atoms with van der Waals surface area (Å²) in [5.74, 6) is 0.600. The maximum absolute atomic E-state index is 12.9. The molecule has 1 aliphatic heterocycles. The van der Waals surface area contributed by atoms with Gasteiger partial charge in [-0.15, -0.1) is 11.3 Å². The van der Waals surface area contributed by atoms with Crippen molar-refractivity contribution in [2.75, 3.05) is 11.5 Å². The molecule has 0 spiro atoms. The number of fused-ring (bicyclic) bond motifs is 2. The highest BCUT2D eigenvalue weighted by Gasteiger charge is 2.20. The Balaban J connectivity index is 1.30. The molecular formula is C25H16N2O6S2. The quantitative estimate of drug-likeness (QED) is 0.340. The summed E-state index contributed by atoms with van der Waals surface area (Å²) in [6.45, 7) is 0.111. The summed E-state index contributed by atoms with van der Waals surface area (Å²) in [4.78, 5) is 18.2. The Hall–Kier alpha value is -4.15. The third-order valence-electron chi connectivity index (χ3n) is 5.39. The van der Waals surface area contributed by atoms with E-state index in [0.717, 1.165) is 10.6 Å². The molecule has 0 amide bonds. The van der Waals surface area contributed by atoms with E-state index in [0.29, 0.717) is 27.0 Å². The first-order valence-electron chi connectivity index (χ1n) is 10.5. The summed E-state index contributed by atoms with van der Waals surface area (Å²) < 4.78 is 32.9. The molecule has 0 saturated carbocycles. The average Bonchev–Trinajstić information content (AvgIpc) is 3.57. The monoisotopic (exact) mass is 504 g/mol. The molecule has 1 unspecified atom stereocenters. The second kappa shape index (κ2) is 8.57. The highest BCUT2D eigenvalue weighted by Crippen LogP contribution is 2.39. The van der Waals surface area contributed by atoms with E-state index < -0.39 is 22.2 Å². The Bertz CT molecular complexity index is 1660. The van der Waals surface area contributed by atoms with Crippen molar-refractivity contribution in [3.8, 4) is 39.1 Å². The molecule has 0 bridgehead atoms. The lowest BCUT2D eigenvalue weighted by molar-refractivity contribution is 0.174. The Morgan fingerprint density at radius 3 is 2.74 bits per heavy atom. The molecule has 0 fully saturated rings. The molecule has 174 valence electrons. The van der Waals surface area contributed by atoms with Gasteiger partial charge in [-0.05, 0) is 60.7 Å². The van der Waals surface area contributed by atoms with Crippen molar-refractivity contribution in [1.29, 1.82) is 0 Å². The summed E-state index contributed by atoms with van der Waals surface area (Å²) in [5, 5.41) is 10.8. The lowest BCUT2D eigenvalue weighted by atomic mass is 10.1. The van der Waals surface area contributed by atoms with E-state index in [1.165, 1.54) is 17.4 Å². The van der Waals surface area contributed by atoms with Crippen molar-refractivity contribution in [3.63, 3.8) is 0 Å². The summed E-state index contributed by atoms with van der Waals surface area (Å²) >= 11 is 1.37. The molecule has 1 atom stereocenters. The molecule has 3 aromatic heterocycles. The van der Waals surface area contributed by atoms with Crippen molar-refractivity contribution >= 4 is 39.0 Å². The third kappa shape index (κ3) is 3.92. The predicted octanol–water partition coefficient (Wildman–Crippen LogP) is 5.15. The standard InChI is InChI=1S/C25H16N2O6S2/c28-23-16-12-15(27-35(30)22-9-8-21(34-22)17-3-1-2-10-26-17)5-7-18(16)33-25(24(23)29)14-4-6-19-20(11-14)32-13-31-19/h1-12,27,29H,13H2. The molecule has 8 nitrogen and oxygen atoms in total. The third-order valence-corrected chi connectivity index (χ3v) is 7.92. The van der Waals surface area contributed by atoms with Gasteiger partial charge in [-0.3, -0.25) is 9.78 Å². The maximum Gasteiger partial charge on any atom is 0.235 e. The lowest BCUT2D eigenvalue weighted by Gasteiger charge is -2.09. The van der Waals surface area contributed by atoms with Crippen LogP contribution in [0.5, 0.6) is 17.2 Å². The van der Waals surface area contributed by atoms with Crippen LogP contribution in [-0.4, -0.2) is 21.1 Å². The molecule has 1 aliphatic rings. The van der Waals surface area contributed by atoms with Gasteiger partial charge in [0.05, 0.1) is 16.0 Å². The van der Waals surface area contributed by atoms with Crippen LogP contribution in [0.4, 0.5) is 5.69 Å². The summed E-state index contributed by atoms with van der Waals surface area (Å²) in [6, 6.07) is 19.0. The Morgan fingerprint density at radius 2 is 1.89 bits per heavy atom. The average molecular weight is 505 g/mol. The van der Waals surface area contributed by atoms with Gasteiger partial charge in [-0.2, -0.15) is 0 Å². The molecule has 0 aliphatic carbocycles. The minimum absolute atomic E-state index is 0.0331. The van der Waals surface area contributed by atoms with Crippen LogP contribution in [-0.2, 0) is 11.0 Å². The van der Waals surface area contributed by atoms with E-state index >= 15 is 0 Å². The fourth-order valence-corrected chi connectivity index (χ4v) is 5.75. The zero-order valence-corrected chi connectivity index (χ0v) is 19.5. The first-order valence-corrected chi connectivity index (χ1v) is 12.4.